The Kier molecular flexibility index (Phi) is 3.19. The fourth-order valence-corrected chi connectivity index (χ4v) is 2.99. The number of hydrogen-bond donors (Lipinski definition) is 0. The molecule has 1 amide bonds. The van der Waals surface area contributed by atoms with Gasteiger partial charge in [-0.15, -0.1) is 0 Å². The van der Waals surface area contributed by atoms with E-state index in [1.54, 1.807) is 10.9 Å². The number of ether oxygens (including phenoxy) is 1. The number of rotatable bonds is 0. The molecule has 0 bridgehead atoms. The Labute approximate surface area is 128 Å². The van der Waals surface area contributed by atoms with E-state index in [1.807, 2.05) is 20.8 Å². The van der Waals surface area contributed by atoms with Crippen LogP contribution in [0.5, 0.6) is 5.75 Å². The molecule has 7 heteroatoms. The minimum Gasteiger partial charge on any atom is -0.530 e. The van der Waals surface area contributed by atoms with Crippen LogP contribution in [0.1, 0.15) is 50.5 Å². The van der Waals surface area contributed by atoms with Crippen molar-refractivity contribution in [3.05, 3.63) is 11.9 Å². The Bertz CT molecular complexity index is 621. The van der Waals surface area contributed by atoms with Gasteiger partial charge < -0.3 is 19.5 Å². The minimum absolute atomic E-state index is 0.0360. The number of hydrogen-bond acceptors (Lipinski definition) is 5. The van der Waals surface area contributed by atoms with E-state index < -0.39 is 11.7 Å². The van der Waals surface area contributed by atoms with Gasteiger partial charge in [-0.05, 0) is 20.8 Å². The van der Waals surface area contributed by atoms with Crippen LogP contribution in [0.25, 0.3) is 0 Å². The Morgan fingerprint density at radius 3 is 2.55 bits per heavy atom. The Balaban J connectivity index is 1.84. The average Bonchev–Trinajstić information content (AvgIpc) is 2.83. The van der Waals surface area contributed by atoms with Crippen molar-refractivity contribution in [2.24, 2.45) is 0 Å². The third-order valence-corrected chi connectivity index (χ3v) is 4.37. The van der Waals surface area contributed by atoms with Gasteiger partial charge in [0, 0.05) is 25.9 Å². The van der Waals surface area contributed by atoms with E-state index in [2.05, 4.69) is 5.10 Å². The molecular weight excluding hydrogens is 286 g/mol. The van der Waals surface area contributed by atoms with Crippen molar-refractivity contribution in [3.63, 3.8) is 0 Å². The second kappa shape index (κ2) is 4.72. The maximum atomic E-state index is 12.4. The van der Waals surface area contributed by atoms with E-state index in [-0.39, 0.29) is 17.7 Å². The summed E-state index contributed by atoms with van der Waals surface area (Å²) in [5, 5.41) is 15.2. The van der Waals surface area contributed by atoms with Crippen molar-refractivity contribution < 1.29 is 19.4 Å². The summed E-state index contributed by atoms with van der Waals surface area (Å²) in [6.07, 6.45) is 1.83. The number of carboxylic acid groups (broad SMARTS) is 1. The van der Waals surface area contributed by atoms with Crippen LogP contribution in [-0.4, -0.2) is 45.2 Å². The number of aromatic nitrogens is 2. The molecule has 3 rings (SSSR count). The Morgan fingerprint density at radius 2 is 2.00 bits per heavy atom. The van der Waals surface area contributed by atoms with Crippen LogP contribution in [0.3, 0.4) is 0 Å². The summed E-state index contributed by atoms with van der Waals surface area (Å²) in [5.74, 6) is 0.472. The van der Waals surface area contributed by atoms with E-state index in [4.69, 9.17) is 4.74 Å². The van der Waals surface area contributed by atoms with Gasteiger partial charge >= 0.3 is 0 Å². The van der Waals surface area contributed by atoms with Crippen LogP contribution in [0, 0.1) is 0 Å². The third-order valence-electron chi connectivity index (χ3n) is 4.37. The first-order chi connectivity index (χ1) is 10.2. The van der Waals surface area contributed by atoms with Gasteiger partial charge in [0.1, 0.15) is 11.7 Å². The van der Waals surface area contributed by atoms with E-state index in [0.717, 1.165) is 0 Å². The predicted molar refractivity (Wildman–Crippen MR) is 75.7 cm³/mol. The molecule has 1 fully saturated rings. The molecule has 0 saturated carbocycles. The number of fused-ring (bicyclic) bond motifs is 1. The highest BCUT2D eigenvalue weighted by molar-refractivity contribution is 5.98. The molecule has 1 spiro atoms. The summed E-state index contributed by atoms with van der Waals surface area (Å²) in [6.45, 7) is 6.68. The van der Waals surface area contributed by atoms with Crippen LogP contribution in [-0.2, 0) is 5.54 Å². The van der Waals surface area contributed by atoms with Crippen LogP contribution in [0.15, 0.2) is 6.20 Å². The first kappa shape index (κ1) is 14.9. The standard InChI is InChI=1S/C15H21N3O4/c1-14(2,3)18-9-11-12(16-18)10(19)8-15(22-11)4-6-17(7-5-15)13(20)21/h9H,4-8H2,1-3H3,(H,20,21)/p-1. The lowest BCUT2D eigenvalue weighted by atomic mass is 9.84. The van der Waals surface area contributed by atoms with Crippen LogP contribution in [0.4, 0.5) is 4.79 Å². The number of nitrogens with zero attached hydrogens (tertiary/aromatic N) is 3. The van der Waals surface area contributed by atoms with Gasteiger partial charge in [0.05, 0.1) is 18.2 Å². The summed E-state index contributed by atoms with van der Waals surface area (Å²) >= 11 is 0. The summed E-state index contributed by atoms with van der Waals surface area (Å²) in [6, 6.07) is 0. The maximum Gasteiger partial charge on any atom is 0.190 e. The van der Waals surface area contributed by atoms with E-state index in [9.17, 15) is 14.7 Å². The summed E-state index contributed by atoms with van der Waals surface area (Å²) in [7, 11) is 0. The maximum absolute atomic E-state index is 12.4. The summed E-state index contributed by atoms with van der Waals surface area (Å²) in [4.78, 5) is 24.6. The molecule has 2 aliphatic rings. The Hall–Kier alpha value is -2.05. The molecule has 0 unspecified atom stereocenters. The lowest BCUT2D eigenvalue weighted by molar-refractivity contribution is -0.267. The van der Waals surface area contributed by atoms with E-state index >= 15 is 0 Å². The molecule has 0 atom stereocenters. The van der Waals surface area contributed by atoms with Gasteiger partial charge in [-0.25, -0.2) is 0 Å². The average molecular weight is 306 g/mol. The fraction of sp³-hybridized carbons (Fsp3) is 0.667. The first-order valence-corrected chi connectivity index (χ1v) is 7.48. The number of carbonyl (C=O) groups is 2. The van der Waals surface area contributed by atoms with Crippen molar-refractivity contribution in [1.82, 2.24) is 14.7 Å². The predicted octanol–water partition coefficient (Wildman–Crippen LogP) is 0.781. The van der Waals surface area contributed by atoms with Crippen molar-refractivity contribution >= 4 is 11.9 Å². The summed E-state index contributed by atoms with van der Waals surface area (Å²) in [5.41, 5.74) is -0.461. The molecule has 22 heavy (non-hydrogen) atoms. The molecule has 2 aliphatic heterocycles. The van der Waals surface area contributed by atoms with E-state index in [1.165, 1.54) is 4.90 Å². The van der Waals surface area contributed by atoms with Gasteiger partial charge in [0.15, 0.2) is 17.2 Å². The molecule has 1 aromatic rings. The molecule has 0 aliphatic carbocycles. The zero-order valence-electron chi connectivity index (χ0n) is 13.1. The molecule has 1 saturated heterocycles. The van der Waals surface area contributed by atoms with Gasteiger partial charge in [0.25, 0.3) is 0 Å². The fourth-order valence-electron chi connectivity index (χ4n) is 2.99. The molecule has 120 valence electrons. The van der Waals surface area contributed by atoms with Crippen molar-refractivity contribution in [2.45, 2.75) is 51.2 Å². The summed E-state index contributed by atoms with van der Waals surface area (Å²) < 4.78 is 7.83. The lowest BCUT2D eigenvalue weighted by Crippen LogP contribution is -2.54. The quantitative estimate of drug-likeness (QED) is 0.707. The van der Waals surface area contributed by atoms with E-state index in [0.29, 0.717) is 37.4 Å². The number of ketones is 1. The first-order valence-electron chi connectivity index (χ1n) is 7.48. The molecule has 0 aromatic carbocycles. The number of carbonyl (C=O) groups excluding carboxylic acids is 2. The zero-order chi connectivity index (χ0) is 16.1. The smallest absolute Gasteiger partial charge is 0.190 e. The molecule has 0 radical (unpaired) electrons. The SMILES string of the molecule is CC(C)(C)n1cc2c(n1)C(=O)CC1(CCN(C(=O)[O-])CC1)O2. The largest absolute Gasteiger partial charge is 0.530 e. The molecule has 3 heterocycles. The third kappa shape index (κ3) is 2.44. The van der Waals surface area contributed by atoms with Gasteiger partial charge in [0.2, 0.25) is 0 Å². The molecule has 0 N–H and O–H groups in total. The number of likely N-dealkylation sites (tertiary alicyclic amines) is 1. The zero-order valence-corrected chi connectivity index (χ0v) is 13.1. The highest BCUT2D eigenvalue weighted by atomic mass is 16.5. The number of piperidine rings is 1. The van der Waals surface area contributed by atoms with Crippen LogP contribution < -0.4 is 9.84 Å². The Morgan fingerprint density at radius 1 is 1.36 bits per heavy atom. The van der Waals surface area contributed by atoms with Crippen LogP contribution >= 0.6 is 0 Å². The topological polar surface area (TPSA) is 87.5 Å². The van der Waals surface area contributed by atoms with Crippen molar-refractivity contribution in [1.29, 1.82) is 0 Å². The molecule has 7 nitrogen and oxygen atoms in total. The van der Waals surface area contributed by atoms with Crippen LogP contribution in [0.2, 0.25) is 0 Å². The lowest BCUT2D eigenvalue weighted by Gasteiger charge is -2.43. The number of Topliss-reactive ketones (excluding diaryl/α,β-unsaturated/α-hetero) is 1. The monoisotopic (exact) mass is 306 g/mol. The number of amides is 1. The molecule has 1 aromatic heterocycles. The van der Waals surface area contributed by atoms with Gasteiger partial charge in [-0.1, -0.05) is 0 Å². The second-order valence-corrected chi connectivity index (χ2v) is 7.10. The van der Waals surface area contributed by atoms with Crippen molar-refractivity contribution in [2.75, 3.05) is 13.1 Å². The highest BCUT2D eigenvalue weighted by Crippen LogP contribution is 2.39. The highest BCUT2D eigenvalue weighted by Gasteiger charge is 2.44. The van der Waals surface area contributed by atoms with Crippen molar-refractivity contribution in [3.8, 4) is 5.75 Å². The van der Waals surface area contributed by atoms with Gasteiger partial charge in [-0.3, -0.25) is 9.48 Å². The second-order valence-electron chi connectivity index (χ2n) is 7.10. The normalized spacial score (nSPS) is 20.7. The van der Waals surface area contributed by atoms with Gasteiger partial charge in [-0.2, -0.15) is 5.10 Å². The minimum atomic E-state index is -1.17. The molecular formula is C15H20N3O4-.